The van der Waals surface area contributed by atoms with Crippen LogP contribution in [0.5, 0.6) is 5.75 Å². The van der Waals surface area contributed by atoms with E-state index in [-0.39, 0.29) is 30.8 Å². The van der Waals surface area contributed by atoms with Gasteiger partial charge in [0.1, 0.15) is 5.75 Å². The Kier molecular flexibility index (Phi) is 4.19. The lowest BCUT2D eigenvalue weighted by molar-refractivity contribution is -0.123. The average molecular weight is 277 g/mol. The van der Waals surface area contributed by atoms with Crippen LogP contribution in [-0.2, 0) is 14.4 Å². The molecular formula is C13H15N3O4. The highest BCUT2D eigenvalue weighted by molar-refractivity contribution is 5.97. The average Bonchev–Trinajstić information content (AvgIpc) is 2.84. The summed E-state index contributed by atoms with van der Waals surface area (Å²) in [6.45, 7) is 0.126. The van der Waals surface area contributed by atoms with Crippen LogP contribution in [-0.4, -0.2) is 30.9 Å². The molecule has 0 aromatic heterocycles. The first-order valence-electron chi connectivity index (χ1n) is 6.13. The standard InChI is InChI=1S/C13H15N3O4/c14-11(17)7-20-10-3-1-2-9(5-10)16-13(19)8-4-12(18)15-6-8/h1-3,5,8H,4,6-7H2,(H2,14,17)(H,15,18)(H,16,19). The van der Waals surface area contributed by atoms with Gasteiger partial charge in [0, 0.05) is 24.7 Å². The van der Waals surface area contributed by atoms with E-state index in [0.717, 1.165) is 0 Å². The maximum absolute atomic E-state index is 11.9. The fourth-order valence-electron chi connectivity index (χ4n) is 1.85. The maximum atomic E-state index is 11.9. The molecule has 4 N–H and O–H groups in total. The van der Waals surface area contributed by atoms with E-state index in [0.29, 0.717) is 18.0 Å². The number of carbonyl (C=O) groups is 3. The molecule has 1 aliphatic rings. The van der Waals surface area contributed by atoms with Crippen LogP contribution in [0.4, 0.5) is 5.69 Å². The van der Waals surface area contributed by atoms with Crippen molar-refractivity contribution in [2.24, 2.45) is 11.7 Å². The first kappa shape index (κ1) is 13.9. The van der Waals surface area contributed by atoms with Gasteiger partial charge >= 0.3 is 0 Å². The molecule has 1 aromatic rings. The number of benzene rings is 1. The first-order chi connectivity index (χ1) is 9.54. The molecule has 20 heavy (non-hydrogen) atoms. The zero-order valence-corrected chi connectivity index (χ0v) is 10.7. The Labute approximate surface area is 115 Å². The maximum Gasteiger partial charge on any atom is 0.255 e. The second-order valence-corrected chi connectivity index (χ2v) is 4.48. The molecule has 1 atom stereocenters. The number of nitrogens with one attached hydrogen (secondary N) is 2. The van der Waals surface area contributed by atoms with Crippen LogP contribution < -0.4 is 21.1 Å². The lowest BCUT2D eigenvalue weighted by atomic mass is 10.1. The highest BCUT2D eigenvalue weighted by Crippen LogP contribution is 2.19. The molecule has 1 unspecified atom stereocenters. The highest BCUT2D eigenvalue weighted by atomic mass is 16.5. The van der Waals surface area contributed by atoms with Gasteiger partial charge in [-0.3, -0.25) is 14.4 Å². The molecule has 2 rings (SSSR count). The Balaban J connectivity index is 1.95. The van der Waals surface area contributed by atoms with Crippen LogP contribution in [0, 0.1) is 5.92 Å². The van der Waals surface area contributed by atoms with E-state index in [2.05, 4.69) is 10.6 Å². The Bertz CT molecular complexity index is 544. The lowest BCUT2D eigenvalue weighted by Gasteiger charge is -2.10. The molecular weight excluding hydrogens is 262 g/mol. The van der Waals surface area contributed by atoms with Crippen molar-refractivity contribution in [3.63, 3.8) is 0 Å². The summed E-state index contributed by atoms with van der Waals surface area (Å²) in [6, 6.07) is 6.62. The minimum atomic E-state index is -0.574. The van der Waals surface area contributed by atoms with Crippen molar-refractivity contribution in [1.82, 2.24) is 5.32 Å². The van der Waals surface area contributed by atoms with Crippen LogP contribution in [0.3, 0.4) is 0 Å². The summed E-state index contributed by atoms with van der Waals surface area (Å²) < 4.78 is 5.14. The van der Waals surface area contributed by atoms with Crippen LogP contribution >= 0.6 is 0 Å². The molecule has 0 spiro atoms. The summed E-state index contributed by atoms with van der Waals surface area (Å²) in [7, 11) is 0. The van der Waals surface area contributed by atoms with Gasteiger partial charge in [-0.1, -0.05) is 6.07 Å². The van der Waals surface area contributed by atoms with E-state index in [1.54, 1.807) is 24.3 Å². The molecule has 0 aliphatic carbocycles. The molecule has 0 radical (unpaired) electrons. The topological polar surface area (TPSA) is 111 Å². The Morgan fingerprint density at radius 1 is 1.45 bits per heavy atom. The van der Waals surface area contributed by atoms with Crippen molar-refractivity contribution in [1.29, 1.82) is 0 Å². The lowest BCUT2D eigenvalue weighted by Crippen LogP contribution is -2.24. The number of rotatable bonds is 5. The van der Waals surface area contributed by atoms with Crippen molar-refractivity contribution in [2.75, 3.05) is 18.5 Å². The van der Waals surface area contributed by atoms with Gasteiger partial charge in [-0.2, -0.15) is 0 Å². The number of nitrogens with two attached hydrogens (primary N) is 1. The SMILES string of the molecule is NC(=O)COc1cccc(NC(=O)C2CNC(=O)C2)c1. The number of carbonyl (C=O) groups excluding carboxylic acids is 3. The van der Waals surface area contributed by atoms with Crippen LogP contribution in [0.15, 0.2) is 24.3 Å². The van der Waals surface area contributed by atoms with Gasteiger partial charge in [0.05, 0.1) is 5.92 Å². The minimum Gasteiger partial charge on any atom is -0.484 e. The van der Waals surface area contributed by atoms with Crippen molar-refractivity contribution in [3.8, 4) is 5.75 Å². The smallest absolute Gasteiger partial charge is 0.255 e. The predicted octanol–water partition coefficient (Wildman–Crippen LogP) is -0.375. The third kappa shape index (κ3) is 3.71. The summed E-state index contributed by atoms with van der Waals surface area (Å²) in [4.78, 5) is 33.6. The number of primary amides is 1. The van der Waals surface area contributed by atoms with Crippen LogP contribution in [0.25, 0.3) is 0 Å². The molecule has 1 heterocycles. The number of anilines is 1. The van der Waals surface area contributed by atoms with Gasteiger partial charge in [0.2, 0.25) is 11.8 Å². The fraction of sp³-hybridized carbons (Fsp3) is 0.308. The second kappa shape index (κ2) is 6.05. The third-order valence-corrected chi connectivity index (χ3v) is 2.83. The number of ether oxygens (including phenoxy) is 1. The molecule has 7 nitrogen and oxygen atoms in total. The van der Waals surface area contributed by atoms with Gasteiger partial charge in [-0.05, 0) is 12.1 Å². The molecule has 0 saturated carbocycles. The first-order valence-corrected chi connectivity index (χ1v) is 6.13. The molecule has 3 amide bonds. The van der Waals surface area contributed by atoms with Gasteiger partial charge in [-0.15, -0.1) is 0 Å². The van der Waals surface area contributed by atoms with Crippen molar-refractivity contribution in [2.45, 2.75) is 6.42 Å². The van der Waals surface area contributed by atoms with E-state index in [9.17, 15) is 14.4 Å². The third-order valence-electron chi connectivity index (χ3n) is 2.83. The largest absolute Gasteiger partial charge is 0.484 e. The van der Waals surface area contributed by atoms with E-state index in [4.69, 9.17) is 10.5 Å². The van der Waals surface area contributed by atoms with Gasteiger partial charge < -0.3 is 21.1 Å². The summed E-state index contributed by atoms with van der Waals surface area (Å²) >= 11 is 0. The molecule has 1 aromatic carbocycles. The fourth-order valence-corrected chi connectivity index (χ4v) is 1.85. The van der Waals surface area contributed by atoms with E-state index in [1.807, 2.05) is 0 Å². The van der Waals surface area contributed by atoms with E-state index in [1.165, 1.54) is 0 Å². The number of amides is 3. The van der Waals surface area contributed by atoms with Crippen molar-refractivity contribution in [3.05, 3.63) is 24.3 Å². The van der Waals surface area contributed by atoms with Crippen LogP contribution in [0.1, 0.15) is 6.42 Å². The zero-order valence-electron chi connectivity index (χ0n) is 10.7. The normalized spacial score (nSPS) is 17.4. The molecule has 1 aliphatic heterocycles. The Hall–Kier alpha value is -2.57. The monoisotopic (exact) mass is 277 g/mol. The number of hydrogen-bond acceptors (Lipinski definition) is 4. The molecule has 106 valence electrons. The van der Waals surface area contributed by atoms with Crippen LogP contribution in [0.2, 0.25) is 0 Å². The van der Waals surface area contributed by atoms with E-state index < -0.39 is 5.91 Å². The predicted molar refractivity (Wildman–Crippen MR) is 70.9 cm³/mol. The molecule has 1 saturated heterocycles. The summed E-state index contributed by atoms with van der Waals surface area (Å²) in [6.07, 6.45) is 0.198. The molecule has 7 heteroatoms. The minimum absolute atomic E-state index is 0.122. The number of hydrogen-bond donors (Lipinski definition) is 3. The highest BCUT2D eigenvalue weighted by Gasteiger charge is 2.27. The zero-order chi connectivity index (χ0) is 14.5. The van der Waals surface area contributed by atoms with Gasteiger partial charge in [0.25, 0.3) is 5.91 Å². The summed E-state index contributed by atoms with van der Waals surface area (Å²) in [5.74, 6) is -0.853. The van der Waals surface area contributed by atoms with Crippen molar-refractivity contribution >= 4 is 23.4 Å². The van der Waals surface area contributed by atoms with E-state index >= 15 is 0 Å². The quantitative estimate of drug-likeness (QED) is 0.681. The van der Waals surface area contributed by atoms with Gasteiger partial charge in [0.15, 0.2) is 6.61 Å². The van der Waals surface area contributed by atoms with Gasteiger partial charge in [-0.25, -0.2) is 0 Å². The molecule has 1 fully saturated rings. The second-order valence-electron chi connectivity index (χ2n) is 4.48. The summed E-state index contributed by atoms with van der Waals surface area (Å²) in [5.41, 5.74) is 5.52. The van der Waals surface area contributed by atoms with Crippen molar-refractivity contribution < 1.29 is 19.1 Å². The molecule has 0 bridgehead atoms. The Morgan fingerprint density at radius 3 is 2.90 bits per heavy atom. The Morgan fingerprint density at radius 2 is 2.25 bits per heavy atom. The summed E-state index contributed by atoms with van der Waals surface area (Å²) in [5, 5.41) is 5.31.